The van der Waals surface area contributed by atoms with Gasteiger partial charge < -0.3 is 14.6 Å². The number of thioether (sulfide) groups is 1. The molecule has 0 aromatic carbocycles. The van der Waals surface area contributed by atoms with E-state index in [9.17, 15) is 0 Å². The van der Waals surface area contributed by atoms with Crippen LogP contribution >= 0.6 is 23.1 Å². The number of ether oxygens (including phenoxy) is 1. The van der Waals surface area contributed by atoms with Gasteiger partial charge in [-0.05, 0) is 12.8 Å². The number of hydrogen-bond donors (Lipinski definition) is 1. The Bertz CT molecular complexity index is 608. The van der Waals surface area contributed by atoms with Gasteiger partial charge in [0.15, 0.2) is 10.2 Å². The van der Waals surface area contributed by atoms with Crippen molar-refractivity contribution < 1.29 is 4.74 Å². The largest absolute Gasteiger partial charge is 0.372 e. The average Bonchev–Trinajstić information content (AvgIpc) is 3.01. The van der Waals surface area contributed by atoms with Gasteiger partial charge >= 0.3 is 0 Å². The quantitative estimate of drug-likeness (QED) is 0.839. The van der Waals surface area contributed by atoms with Crippen LogP contribution in [0.2, 0.25) is 0 Å². The van der Waals surface area contributed by atoms with Crippen LogP contribution in [0.5, 0.6) is 0 Å². The van der Waals surface area contributed by atoms with Crippen molar-refractivity contribution in [2.75, 3.05) is 11.9 Å². The first-order chi connectivity index (χ1) is 9.88. The zero-order valence-electron chi connectivity index (χ0n) is 10.8. The Balaban J connectivity index is 1.39. The molecule has 9 heteroatoms. The molecular formula is C11H14N6OS2. The summed E-state index contributed by atoms with van der Waals surface area (Å²) < 4.78 is 8.47. The van der Waals surface area contributed by atoms with E-state index in [0.717, 1.165) is 40.0 Å². The fourth-order valence-electron chi connectivity index (χ4n) is 2.02. The van der Waals surface area contributed by atoms with Crippen molar-refractivity contribution in [2.24, 2.45) is 0 Å². The standard InChI is InChI=1S/C11H14N6OS2/c1-2-7(1)12-10-15-16-11(20-10)19-6-9-14-13-8-5-18-4-3-17(8)9/h7H,1-6H2,(H,12,15). The topological polar surface area (TPSA) is 77.8 Å². The zero-order valence-corrected chi connectivity index (χ0v) is 12.4. The Morgan fingerprint density at radius 3 is 3.15 bits per heavy atom. The molecule has 3 heterocycles. The lowest BCUT2D eigenvalue weighted by Gasteiger charge is -2.14. The van der Waals surface area contributed by atoms with E-state index in [2.05, 4.69) is 30.3 Å². The molecule has 2 aromatic rings. The van der Waals surface area contributed by atoms with Crippen molar-refractivity contribution in [2.45, 2.75) is 42.1 Å². The molecule has 20 heavy (non-hydrogen) atoms. The molecule has 1 fully saturated rings. The second-order valence-corrected chi connectivity index (χ2v) is 7.02. The van der Waals surface area contributed by atoms with Gasteiger partial charge in [0.1, 0.15) is 12.4 Å². The Hall–Kier alpha value is -1.19. The third kappa shape index (κ3) is 2.65. The number of anilines is 1. The van der Waals surface area contributed by atoms with Gasteiger partial charge in [-0.15, -0.1) is 20.4 Å². The zero-order chi connectivity index (χ0) is 13.4. The fourth-order valence-corrected chi connectivity index (χ4v) is 3.79. The third-order valence-electron chi connectivity index (χ3n) is 3.23. The fraction of sp³-hybridized carbons (Fsp3) is 0.636. The molecule has 1 aliphatic carbocycles. The van der Waals surface area contributed by atoms with Crippen LogP contribution in [-0.2, 0) is 23.6 Å². The van der Waals surface area contributed by atoms with Crippen molar-refractivity contribution in [3.63, 3.8) is 0 Å². The molecule has 0 amide bonds. The summed E-state index contributed by atoms with van der Waals surface area (Å²) in [6, 6.07) is 0.615. The molecule has 0 atom stereocenters. The lowest BCUT2D eigenvalue weighted by atomic mass is 10.5. The van der Waals surface area contributed by atoms with E-state index in [0.29, 0.717) is 12.6 Å². The first-order valence-corrected chi connectivity index (χ1v) is 8.40. The molecule has 1 saturated carbocycles. The Kier molecular flexibility index (Phi) is 3.32. The predicted molar refractivity (Wildman–Crippen MR) is 75.8 cm³/mol. The van der Waals surface area contributed by atoms with Gasteiger partial charge in [-0.25, -0.2) is 0 Å². The second-order valence-electron chi connectivity index (χ2n) is 4.82. The molecule has 0 bridgehead atoms. The average molecular weight is 310 g/mol. The highest BCUT2D eigenvalue weighted by atomic mass is 32.2. The second kappa shape index (κ2) is 5.30. The number of rotatable bonds is 5. The summed E-state index contributed by atoms with van der Waals surface area (Å²) in [6.07, 6.45) is 2.49. The minimum atomic E-state index is 0.561. The monoisotopic (exact) mass is 310 g/mol. The summed E-state index contributed by atoms with van der Waals surface area (Å²) in [6.45, 7) is 2.13. The van der Waals surface area contributed by atoms with Gasteiger partial charge in [0.2, 0.25) is 5.13 Å². The van der Waals surface area contributed by atoms with E-state index in [1.54, 1.807) is 23.1 Å². The van der Waals surface area contributed by atoms with Crippen LogP contribution in [0, 0.1) is 0 Å². The number of nitrogens with zero attached hydrogens (tertiary/aromatic N) is 5. The first kappa shape index (κ1) is 12.5. The van der Waals surface area contributed by atoms with Crippen LogP contribution in [0.1, 0.15) is 24.5 Å². The highest BCUT2D eigenvalue weighted by Crippen LogP contribution is 2.31. The Labute approximate surface area is 124 Å². The van der Waals surface area contributed by atoms with Gasteiger partial charge in [0.25, 0.3) is 0 Å². The van der Waals surface area contributed by atoms with Crippen LogP contribution in [0.15, 0.2) is 4.34 Å². The van der Waals surface area contributed by atoms with Gasteiger partial charge in [-0.2, -0.15) is 0 Å². The molecule has 0 radical (unpaired) electrons. The number of hydrogen-bond acceptors (Lipinski definition) is 8. The maximum absolute atomic E-state index is 5.36. The summed E-state index contributed by atoms with van der Waals surface area (Å²) in [5, 5.41) is 21.0. The van der Waals surface area contributed by atoms with Gasteiger partial charge in [0, 0.05) is 12.6 Å². The predicted octanol–water partition coefficient (Wildman–Crippen LogP) is 1.53. The van der Waals surface area contributed by atoms with Gasteiger partial charge in [0.05, 0.1) is 12.4 Å². The Morgan fingerprint density at radius 2 is 2.25 bits per heavy atom. The lowest BCUT2D eigenvalue weighted by molar-refractivity contribution is 0.0808. The van der Waals surface area contributed by atoms with Crippen molar-refractivity contribution in [1.29, 1.82) is 0 Å². The molecule has 0 saturated heterocycles. The summed E-state index contributed by atoms with van der Waals surface area (Å²) in [7, 11) is 0. The minimum absolute atomic E-state index is 0.561. The normalized spacial score (nSPS) is 18.0. The van der Waals surface area contributed by atoms with E-state index in [4.69, 9.17) is 4.74 Å². The van der Waals surface area contributed by atoms with Crippen LogP contribution < -0.4 is 5.32 Å². The molecule has 106 valence electrons. The third-order valence-corrected chi connectivity index (χ3v) is 5.21. The van der Waals surface area contributed by atoms with E-state index in [-0.39, 0.29) is 0 Å². The maximum Gasteiger partial charge on any atom is 0.206 e. The molecule has 1 N–H and O–H groups in total. The van der Waals surface area contributed by atoms with Crippen LogP contribution in [0.4, 0.5) is 5.13 Å². The smallest absolute Gasteiger partial charge is 0.206 e. The molecule has 2 aromatic heterocycles. The molecule has 0 unspecified atom stereocenters. The Morgan fingerprint density at radius 1 is 1.30 bits per heavy atom. The first-order valence-electron chi connectivity index (χ1n) is 6.60. The van der Waals surface area contributed by atoms with Crippen LogP contribution in [0.3, 0.4) is 0 Å². The van der Waals surface area contributed by atoms with Crippen molar-refractivity contribution in [3.8, 4) is 0 Å². The number of fused-ring (bicyclic) bond motifs is 1. The summed E-state index contributed by atoms with van der Waals surface area (Å²) in [5.74, 6) is 2.67. The highest BCUT2D eigenvalue weighted by molar-refractivity contribution is 8.00. The summed E-state index contributed by atoms with van der Waals surface area (Å²) >= 11 is 3.27. The lowest BCUT2D eigenvalue weighted by Crippen LogP contribution is -2.18. The van der Waals surface area contributed by atoms with E-state index < -0.39 is 0 Å². The molecule has 2 aliphatic rings. The SMILES string of the molecule is C1Cn2c(nnc2CSc2nnc(NC3CC3)s2)CO1. The van der Waals surface area contributed by atoms with Crippen molar-refractivity contribution in [3.05, 3.63) is 11.6 Å². The van der Waals surface area contributed by atoms with Crippen molar-refractivity contribution >= 4 is 28.2 Å². The maximum atomic E-state index is 5.36. The molecule has 0 spiro atoms. The molecular weight excluding hydrogens is 296 g/mol. The number of aromatic nitrogens is 5. The highest BCUT2D eigenvalue weighted by Gasteiger charge is 2.22. The number of nitrogens with one attached hydrogen (secondary N) is 1. The van der Waals surface area contributed by atoms with Gasteiger partial charge in [-0.1, -0.05) is 23.1 Å². The van der Waals surface area contributed by atoms with Crippen molar-refractivity contribution in [1.82, 2.24) is 25.0 Å². The molecule has 4 rings (SSSR count). The molecule has 7 nitrogen and oxygen atoms in total. The van der Waals surface area contributed by atoms with E-state index >= 15 is 0 Å². The van der Waals surface area contributed by atoms with E-state index in [1.807, 2.05) is 0 Å². The van der Waals surface area contributed by atoms with Crippen LogP contribution in [0.25, 0.3) is 0 Å². The van der Waals surface area contributed by atoms with Gasteiger partial charge in [-0.3, -0.25) is 0 Å². The van der Waals surface area contributed by atoms with Crippen LogP contribution in [-0.4, -0.2) is 37.6 Å². The minimum Gasteiger partial charge on any atom is -0.372 e. The summed E-state index contributed by atoms with van der Waals surface area (Å²) in [5.41, 5.74) is 0. The van der Waals surface area contributed by atoms with E-state index in [1.165, 1.54) is 12.8 Å². The summed E-state index contributed by atoms with van der Waals surface area (Å²) in [4.78, 5) is 0. The molecule has 1 aliphatic heterocycles.